The van der Waals surface area contributed by atoms with Crippen molar-refractivity contribution in [1.29, 1.82) is 0 Å². The van der Waals surface area contributed by atoms with Crippen molar-refractivity contribution in [2.45, 2.75) is 38.5 Å². The van der Waals surface area contributed by atoms with E-state index in [1.54, 1.807) is 0 Å². The first-order valence-corrected chi connectivity index (χ1v) is 6.40. The molecule has 17 heavy (non-hydrogen) atoms. The van der Waals surface area contributed by atoms with Gasteiger partial charge in [0.2, 0.25) is 11.6 Å². The Morgan fingerprint density at radius 2 is 1.82 bits per heavy atom. The molecule has 0 amide bonds. The van der Waals surface area contributed by atoms with E-state index < -0.39 is 17.3 Å². The minimum absolute atomic E-state index is 0.159. The Kier molecular flexibility index (Phi) is 3.72. The van der Waals surface area contributed by atoms with Crippen molar-refractivity contribution in [2.24, 2.45) is 17.8 Å². The van der Waals surface area contributed by atoms with E-state index in [-0.39, 0.29) is 24.4 Å². The first kappa shape index (κ1) is 12.4. The van der Waals surface area contributed by atoms with E-state index in [0.29, 0.717) is 6.42 Å². The monoisotopic (exact) mass is 238 g/mol. The van der Waals surface area contributed by atoms with E-state index in [1.807, 2.05) is 0 Å². The van der Waals surface area contributed by atoms with E-state index in [2.05, 4.69) is 0 Å². The molecule has 0 aliphatic heterocycles. The van der Waals surface area contributed by atoms with Gasteiger partial charge in [-0.15, -0.1) is 0 Å². The fourth-order valence-corrected chi connectivity index (χ4v) is 3.26. The summed E-state index contributed by atoms with van der Waals surface area (Å²) in [6, 6.07) is 0. The summed E-state index contributed by atoms with van der Waals surface area (Å²) >= 11 is 0. The third kappa shape index (κ3) is 2.18. The van der Waals surface area contributed by atoms with Gasteiger partial charge in [0.05, 0.1) is 0 Å². The van der Waals surface area contributed by atoms with Gasteiger partial charge in [-0.1, -0.05) is 12.8 Å². The Labute approximate surface area is 100 Å². The summed E-state index contributed by atoms with van der Waals surface area (Å²) in [4.78, 5) is 34.8. The lowest BCUT2D eigenvalue weighted by molar-refractivity contribution is -0.141. The van der Waals surface area contributed by atoms with Crippen LogP contribution in [0, 0.1) is 17.8 Å². The van der Waals surface area contributed by atoms with Crippen molar-refractivity contribution in [1.82, 2.24) is 0 Å². The lowest BCUT2D eigenvalue weighted by atomic mass is 9.71. The number of Topliss-reactive ketones (excluding diaryl/α,β-unsaturated/α-hetero) is 3. The minimum Gasteiger partial charge on any atom is -0.396 e. The summed E-state index contributed by atoms with van der Waals surface area (Å²) in [5, 5.41) is 8.74. The number of aliphatic hydroxyl groups is 1. The van der Waals surface area contributed by atoms with Crippen LogP contribution in [0.1, 0.15) is 38.5 Å². The van der Waals surface area contributed by atoms with Crippen LogP contribution in [0.15, 0.2) is 0 Å². The SMILES string of the molecule is O=C1C(=O)C2CCCC(CCCCO)C2C1=O. The van der Waals surface area contributed by atoms with Crippen molar-refractivity contribution in [3.8, 4) is 0 Å². The summed E-state index contributed by atoms with van der Waals surface area (Å²) in [7, 11) is 0. The maximum absolute atomic E-state index is 11.8. The highest BCUT2D eigenvalue weighted by Gasteiger charge is 2.52. The maximum Gasteiger partial charge on any atom is 0.264 e. The molecule has 0 heterocycles. The topological polar surface area (TPSA) is 71.4 Å². The van der Waals surface area contributed by atoms with Crippen LogP contribution < -0.4 is 0 Å². The Hall–Kier alpha value is -1.03. The number of hydrogen-bond acceptors (Lipinski definition) is 4. The number of carbonyl (C=O) groups is 3. The molecule has 0 bridgehead atoms. The average Bonchev–Trinajstić information content (AvgIpc) is 2.56. The van der Waals surface area contributed by atoms with Crippen LogP contribution in [-0.2, 0) is 14.4 Å². The van der Waals surface area contributed by atoms with Gasteiger partial charge in [0, 0.05) is 18.4 Å². The van der Waals surface area contributed by atoms with Gasteiger partial charge in [0.25, 0.3) is 5.78 Å². The van der Waals surface area contributed by atoms with E-state index >= 15 is 0 Å². The van der Waals surface area contributed by atoms with Crippen molar-refractivity contribution in [2.75, 3.05) is 6.61 Å². The summed E-state index contributed by atoms with van der Waals surface area (Å²) < 4.78 is 0. The summed E-state index contributed by atoms with van der Waals surface area (Å²) in [6.45, 7) is 0.159. The number of rotatable bonds is 4. The van der Waals surface area contributed by atoms with Crippen molar-refractivity contribution in [3.63, 3.8) is 0 Å². The van der Waals surface area contributed by atoms with Gasteiger partial charge in [-0.3, -0.25) is 14.4 Å². The molecule has 0 aromatic heterocycles. The first-order chi connectivity index (χ1) is 8.16. The van der Waals surface area contributed by atoms with Crippen molar-refractivity contribution in [3.05, 3.63) is 0 Å². The quantitative estimate of drug-likeness (QED) is 0.583. The van der Waals surface area contributed by atoms with Crippen molar-refractivity contribution < 1.29 is 19.5 Å². The van der Waals surface area contributed by atoms with E-state index in [1.165, 1.54) is 0 Å². The number of carbonyl (C=O) groups excluding carboxylic acids is 3. The van der Waals surface area contributed by atoms with Gasteiger partial charge in [-0.25, -0.2) is 0 Å². The fourth-order valence-electron chi connectivity index (χ4n) is 3.26. The molecule has 0 radical (unpaired) electrons. The van der Waals surface area contributed by atoms with Crippen LogP contribution in [-0.4, -0.2) is 29.1 Å². The molecule has 4 nitrogen and oxygen atoms in total. The van der Waals surface area contributed by atoms with Crippen LogP contribution in [0.4, 0.5) is 0 Å². The largest absolute Gasteiger partial charge is 0.396 e. The highest BCUT2D eigenvalue weighted by atomic mass is 16.3. The molecule has 0 aromatic rings. The lowest BCUT2D eigenvalue weighted by Gasteiger charge is -2.31. The molecule has 0 aromatic carbocycles. The Morgan fingerprint density at radius 1 is 1.06 bits per heavy atom. The maximum atomic E-state index is 11.8. The molecule has 2 aliphatic rings. The van der Waals surface area contributed by atoms with E-state index in [9.17, 15) is 14.4 Å². The molecular weight excluding hydrogens is 220 g/mol. The Morgan fingerprint density at radius 3 is 2.53 bits per heavy atom. The molecule has 2 rings (SSSR count). The standard InChI is InChI=1S/C13H18O4/c14-7-2-1-4-8-5-3-6-9-10(8)12(16)13(17)11(9)15/h8-10,14H,1-7H2. The molecule has 3 unspecified atom stereocenters. The number of fused-ring (bicyclic) bond motifs is 1. The first-order valence-electron chi connectivity index (χ1n) is 6.40. The second kappa shape index (κ2) is 5.08. The van der Waals surface area contributed by atoms with Crippen LogP contribution in [0.3, 0.4) is 0 Å². The zero-order valence-electron chi connectivity index (χ0n) is 9.85. The molecule has 4 heteroatoms. The molecule has 2 aliphatic carbocycles. The fraction of sp³-hybridized carbons (Fsp3) is 0.769. The van der Waals surface area contributed by atoms with Gasteiger partial charge >= 0.3 is 0 Å². The Bertz CT molecular complexity index is 347. The lowest BCUT2D eigenvalue weighted by Crippen LogP contribution is -2.30. The summed E-state index contributed by atoms with van der Waals surface area (Å²) in [5.41, 5.74) is 0. The predicted molar refractivity (Wildman–Crippen MR) is 60.3 cm³/mol. The Balaban J connectivity index is 2.06. The van der Waals surface area contributed by atoms with E-state index in [4.69, 9.17) is 5.11 Å². The van der Waals surface area contributed by atoms with Gasteiger partial charge in [0.15, 0.2) is 0 Å². The van der Waals surface area contributed by atoms with Gasteiger partial charge in [0.1, 0.15) is 0 Å². The van der Waals surface area contributed by atoms with Gasteiger partial charge in [-0.05, 0) is 31.6 Å². The second-order valence-electron chi connectivity index (χ2n) is 5.10. The number of hydrogen-bond donors (Lipinski definition) is 1. The van der Waals surface area contributed by atoms with Crippen LogP contribution in [0.2, 0.25) is 0 Å². The van der Waals surface area contributed by atoms with Gasteiger partial charge < -0.3 is 5.11 Å². The molecule has 2 fully saturated rings. The highest BCUT2D eigenvalue weighted by Crippen LogP contribution is 2.42. The van der Waals surface area contributed by atoms with Crippen molar-refractivity contribution >= 4 is 17.3 Å². The van der Waals surface area contributed by atoms with E-state index in [0.717, 1.165) is 32.1 Å². The smallest absolute Gasteiger partial charge is 0.264 e. The normalized spacial score (nSPS) is 33.0. The average molecular weight is 238 g/mol. The highest BCUT2D eigenvalue weighted by molar-refractivity contribution is 6.68. The molecule has 94 valence electrons. The number of ketones is 3. The van der Waals surface area contributed by atoms with Crippen LogP contribution in [0.25, 0.3) is 0 Å². The third-order valence-corrected chi connectivity index (χ3v) is 4.10. The molecular formula is C13H18O4. The number of unbranched alkanes of at least 4 members (excludes halogenated alkanes) is 1. The van der Waals surface area contributed by atoms with Crippen LogP contribution in [0.5, 0.6) is 0 Å². The molecule has 0 spiro atoms. The minimum atomic E-state index is -0.769. The molecule has 1 N–H and O–H groups in total. The molecule has 2 saturated carbocycles. The van der Waals surface area contributed by atoms with Crippen LogP contribution >= 0.6 is 0 Å². The summed E-state index contributed by atoms with van der Waals surface area (Å²) in [5.74, 6) is -2.18. The second-order valence-corrected chi connectivity index (χ2v) is 5.10. The zero-order valence-corrected chi connectivity index (χ0v) is 9.85. The number of aliphatic hydroxyl groups excluding tert-OH is 1. The third-order valence-electron chi connectivity index (χ3n) is 4.10. The predicted octanol–water partition coefficient (Wildman–Crippen LogP) is 0.902. The molecule has 0 saturated heterocycles. The zero-order chi connectivity index (χ0) is 12.4. The summed E-state index contributed by atoms with van der Waals surface area (Å²) in [6.07, 6.45) is 4.98. The molecule has 3 atom stereocenters. The van der Waals surface area contributed by atoms with Gasteiger partial charge in [-0.2, -0.15) is 0 Å².